The fourth-order valence-electron chi connectivity index (χ4n) is 4.16. The number of carbonyl (C=O) groups excluding carboxylic acids is 3. The van der Waals surface area contributed by atoms with Gasteiger partial charge in [-0.05, 0) is 12.8 Å². The van der Waals surface area contributed by atoms with Crippen LogP contribution in [0.4, 0.5) is 0 Å². The Kier molecular flexibility index (Phi) is 5.27. The van der Waals surface area contributed by atoms with Gasteiger partial charge in [0.05, 0.1) is 30.9 Å². The maximum Gasteiger partial charge on any atom is 0.223 e. The normalized spacial score (nSPS) is 15.0. The lowest BCUT2D eigenvalue weighted by atomic mass is 9.81. The molecule has 30 heavy (non-hydrogen) atoms. The van der Waals surface area contributed by atoms with Crippen LogP contribution in [-0.2, 0) is 22.4 Å². The quantitative estimate of drug-likeness (QED) is 0.347. The molecular weight excluding hydrogens is 390 g/mol. The van der Waals surface area contributed by atoms with Gasteiger partial charge in [0, 0.05) is 34.7 Å². The van der Waals surface area contributed by atoms with E-state index in [0.29, 0.717) is 11.1 Å². The monoisotopic (exact) mass is 411 g/mol. The minimum absolute atomic E-state index is 0.101. The highest BCUT2D eigenvalue weighted by molar-refractivity contribution is 6.30. The number of hydrogen-bond acceptors (Lipinski definition) is 7. The SMILES string of the molecule is O=C1c2ccccc2C(=O)c2c(O)c3c(c(O)c21)CC(C(=O)NCCOCCO)C3. The third-order valence-corrected chi connectivity index (χ3v) is 5.58. The summed E-state index contributed by atoms with van der Waals surface area (Å²) in [6.45, 7) is 0.587. The molecule has 0 heterocycles. The van der Waals surface area contributed by atoms with Crippen molar-refractivity contribution in [1.82, 2.24) is 5.32 Å². The van der Waals surface area contributed by atoms with Crippen molar-refractivity contribution in [1.29, 1.82) is 0 Å². The van der Waals surface area contributed by atoms with Crippen molar-refractivity contribution < 1.29 is 34.4 Å². The molecule has 0 radical (unpaired) electrons. The number of fused-ring (bicyclic) bond motifs is 3. The van der Waals surface area contributed by atoms with E-state index in [-0.39, 0.29) is 78.9 Å². The van der Waals surface area contributed by atoms with Gasteiger partial charge in [0.2, 0.25) is 5.91 Å². The fourth-order valence-corrected chi connectivity index (χ4v) is 4.16. The standard InChI is InChI=1S/C22H21NO7/c24-6-8-30-7-5-23-22(29)11-9-14-15(10-11)21(28)17-16(20(14)27)18(25)12-3-1-2-4-13(12)19(17)26/h1-4,11,24,27-28H,5-10H2,(H,23,29). The molecule has 0 spiro atoms. The highest BCUT2D eigenvalue weighted by Crippen LogP contribution is 2.47. The van der Waals surface area contributed by atoms with E-state index < -0.39 is 17.5 Å². The molecule has 8 heteroatoms. The first-order valence-corrected chi connectivity index (χ1v) is 9.70. The molecule has 0 saturated heterocycles. The Morgan fingerprint density at radius 3 is 2.00 bits per heavy atom. The summed E-state index contributed by atoms with van der Waals surface area (Å²) in [5, 5.41) is 33.0. The molecule has 0 aliphatic heterocycles. The molecule has 2 aromatic rings. The van der Waals surface area contributed by atoms with E-state index in [2.05, 4.69) is 5.32 Å². The second kappa shape index (κ2) is 7.89. The number of nitrogens with one attached hydrogen (secondary N) is 1. The van der Waals surface area contributed by atoms with Gasteiger partial charge < -0.3 is 25.4 Å². The molecule has 156 valence electrons. The van der Waals surface area contributed by atoms with E-state index in [4.69, 9.17) is 9.84 Å². The Morgan fingerprint density at radius 2 is 1.50 bits per heavy atom. The minimum Gasteiger partial charge on any atom is -0.507 e. The summed E-state index contributed by atoms with van der Waals surface area (Å²) < 4.78 is 5.10. The van der Waals surface area contributed by atoms with Gasteiger partial charge in [-0.25, -0.2) is 0 Å². The van der Waals surface area contributed by atoms with Gasteiger partial charge in [-0.15, -0.1) is 0 Å². The van der Waals surface area contributed by atoms with Crippen molar-refractivity contribution in [2.45, 2.75) is 12.8 Å². The Labute approximate surface area is 172 Å². The Morgan fingerprint density at radius 1 is 0.967 bits per heavy atom. The van der Waals surface area contributed by atoms with E-state index in [9.17, 15) is 24.6 Å². The number of ether oxygens (including phenoxy) is 1. The fraction of sp³-hybridized carbons (Fsp3) is 0.318. The van der Waals surface area contributed by atoms with Crippen molar-refractivity contribution in [3.63, 3.8) is 0 Å². The van der Waals surface area contributed by atoms with Crippen LogP contribution in [0.25, 0.3) is 0 Å². The summed E-state index contributed by atoms with van der Waals surface area (Å²) in [5.74, 6) is -2.56. The lowest BCUT2D eigenvalue weighted by molar-refractivity contribution is -0.124. The van der Waals surface area contributed by atoms with Gasteiger partial charge >= 0.3 is 0 Å². The van der Waals surface area contributed by atoms with Crippen LogP contribution >= 0.6 is 0 Å². The topological polar surface area (TPSA) is 133 Å². The highest BCUT2D eigenvalue weighted by atomic mass is 16.5. The Bertz CT molecular complexity index is 990. The molecular formula is C22H21NO7. The van der Waals surface area contributed by atoms with Gasteiger partial charge in [-0.3, -0.25) is 14.4 Å². The summed E-state index contributed by atoms with van der Waals surface area (Å²) in [6, 6.07) is 6.28. The Hall–Kier alpha value is -3.23. The molecule has 0 saturated carbocycles. The summed E-state index contributed by atoms with van der Waals surface area (Å²) in [4.78, 5) is 38.4. The zero-order valence-electron chi connectivity index (χ0n) is 16.1. The molecule has 0 bridgehead atoms. The summed E-state index contributed by atoms with van der Waals surface area (Å²) in [6.07, 6.45) is 0.295. The van der Waals surface area contributed by atoms with Gasteiger partial charge in [-0.2, -0.15) is 0 Å². The number of rotatable bonds is 6. The molecule has 0 fully saturated rings. The maximum absolute atomic E-state index is 12.9. The lowest BCUT2D eigenvalue weighted by Crippen LogP contribution is -2.33. The molecule has 4 N–H and O–H groups in total. The zero-order chi connectivity index (χ0) is 21.4. The first kappa shape index (κ1) is 20.1. The lowest BCUT2D eigenvalue weighted by Gasteiger charge is -2.21. The molecule has 8 nitrogen and oxygen atoms in total. The maximum atomic E-state index is 12.9. The van der Waals surface area contributed by atoms with Crippen LogP contribution in [-0.4, -0.2) is 59.2 Å². The summed E-state index contributed by atoms with van der Waals surface area (Å²) in [5.41, 5.74) is 0.605. The van der Waals surface area contributed by atoms with Gasteiger partial charge in [-0.1, -0.05) is 24.3 Å². The number of phenols is 2. The molecule has 0 aromatic heterocycles. The average molecular weight is 411 g/mol. The largest absolute Gasteiger partial charge is 0.507 e. The van der Waals surface area contributed by atoms with E-state index in [1.807, 2.05) is 0 Å². The number of carbonyl (C=O) groups is 3. The number of aliphatic hydroxyl groups excluding tert-OH is 1. The van der Waals surface area contributed by atoms with Crippen LogP contribution in [0.5, 0.6) is 11.5 Å². The predicted octanol–water partition coefficient (Wildman–Crippen LogP) is 0.713. The first-order chi connectivity index (χ1) is 14.5. The van der Waals surface area contributed by atoms with Crippen molar-refractivity contribution in [2.75, 3.05) is 26.4 Å². The molecule has 0 atom stereocenters. The summed E-state index contributed by atoms with van der Waals surface area (Å²) in [7, 11) is 0. The van der Waals surface area contributed by atoms with E-state index >= 15 is 0 Å². The third-order valence-electron chi connectivity index (χ3n) is 5.58. The van der Waals surface area contributed by atoms with Crippen LogP contribution in [0.2, 0.25) is 0 Å². The van der Waals surface area contributed by atoms with Crippen molar-refractivity contribution >= 4 is 17.5 Å². The van der Waals surface area contributed by atoms with Crippen molar-refractivity contribution in [2.24, 2.45) is 5.92 Å². The van der Waals surface area contributed by atoms with Crippen molar-refractivity contribution in [3.8, 4) is 11.5 Å². The Balaban J connectivity index is 1.62. The molecule has 0 unspecified atom stereocenters. The number of aliphatic hydroxyl groups is 1. The summed E-state index contributed by atoms with van der Waals surface area (Å²) >= 11 is 0. The number of hydrogen-bond donors (Lipinski definition) is 4. The van der Waals surface area contributed by atoms with Crippen LogP contribution < -0.4 is 5.32 Å². The minimum atomic E-state index is -0.550. The van der Waals surface area contributed by atoms with Crippen LogP contribution in [0.1, 0.15) is 43.0 Å². The molecule has 4 rings (SSSR count). The zero-order valence-corrected chi connectivity index (χ0v) is 16.1. The number of benzene rings is 2. The number of ketones is 2. The second-order valence-corrected chi connectivity index (χ2v) is 7.34. The number of amides is 1. The van der Waals surface area contributed by atoms with Crippen LogP contribution in [0.3, 0.4) is 0 Å². The highest BCUT2D eigenvalue weighted by Gasteiger charge is 2.41. The van der Waals surface area contributed by atoms with Gasteiger partial charge in [0.25, 0.3) is 0 Å². The van der Waals surface area contributed by atoms with E-state index in [1.54, 1.807) is 12.1 Å². The predicted molar refractivity (Wildman–Crippen MR) is 105 cm³/mol. The van der Waals surface area contributed by atoms with Crippen LogP contribution in [0.15, 0.2) is 24.3 Å². The van der Waals surface area contributed by atoms with E-state index in [1.165, 1.54) is 12.1 Å². The van der Waals surface area contributed by atoms with Gasteiger partial charge in [0.1, 0.15) is 11.5 Å². The molecule has 2 aromatic carbocycles. The smallest absolute Gasteiger partial charge is 0.223 e. The first-order valence-electron chi connectivity index (χ1n) is 9.70. The average Bonchev–Trinajstić information content (AvgIpc) is 3.21. The van der Waals surface area contributed by atoms with Crippen LogP contribution in [0, 0.1) is 5.92 Å². The molecule has 2 aliphatic rings. The second-order valence-electron chi connectivity index (χ2n) is 7.34. The van der Waals surface area contributed by atoms with Crippen molar-refractivity contribution in [3.05, 3.63) is 57.6 Å². The van der Waals surface area contributed by atoms with Gasteiger partial charge in [0.15, 0.2) is 11.6 Å². The van der Waals surface area contributed by atoms with E-state index in [0.717, 1.165) is 0 Å². The number of phenolic OH excluding ortho intramolecular Hbond substituents is 2. The molecule has 1 amide bonds. The molecule has 2 aliphatic carbocycles. The third kappa shape index (κ3) is 3.14. The number of aromatic hydroxyl groups is 2.